The maximum absolute atomic E-state index is 14.5. The zero-order chi connectivity index (χ0) is 20.4. The molecule has 0 aromatic heterocycles. The van der Waals surface area contributed by atoms with Gasteiger partial charge in [-0.25, -0.2) is 4.39 Å². The summed E-state index contributed by atoms with van der Waals surface area (Å²) < 4.78 is 14.5. The van der Waals surface area contributed by atoms with Crippen molar-refractivity contribution in [2.75, 3.05) is 0 Å². The van der Waals surface area contributed by atoms with Gasteiger partial charge in [0.2, 0.25) is 0 Å². The summed E-state index contributed by atoms with van der Waals surface area (Å²) in [4.78, 5) is 0. The Morgan fingerprint density at radius 1 is 0.793 bits per heavy atom. The monoisotopic (exact) mass is 400 g/mol. The molecule has 0 bridgehead atoms. The topological polar surface area (TPSA) is 0 Å². The minimum Gasteiger partial charge on any atom is -0.207 e. The molecule has 0 amide bonds. The molecule has 0 radical (unpaired) electrons. The van der Waals surface area contributed by atoms with Crippen LogP contribution in [-0.4, -0.2) is 0 Å². The molecule has 0 heterocycles. The second-order valence-corrected chi connectivity index (χ2v) is 10.6. The van der Waals surface area contributed by atoms with Gasteiger partial charge in [0.25, 0.3) is 0 Å². The molecule has 146 valence electrons. The van der Waals surface area contributed by atoms with Gasteiger partial charge in [-0.1, -0.05) is 99.7 Å². The molecule has 0 unspecified atom stereocenters. The number of hydrogen-bond acceptors (Lipinski definition) is 0. The summed E-state index contributed by atoms with van der Waals surface area (Å²) >= 11 is 0. The highest BCUT2D eigenvalue weighted by Gasteiger charge is 2.25. The quantitative estimate of drug-likeness (QED) is 0.448. The molecule has 3 aromatic rings. The Morgan fingerprint density at radius 2 is 1.38 bits per heavy atom. The molecule has 1 aliphatic rings. The molecule has 1 aliphatic carbocycles. The van der Waals surface area contributed by atoms with Crippen molar-refractivity contribution in [3.63, 3.8) is 0 Å². The summed E-state index contributed by atoms with van der Waals surface area (Å²) in [5, 5.41) is 3.57. The average molecular weight is 400 g/mol. The van der Waals surface area contributed by atoms with Crippen LogP contribution in [-0.2, 0) is 0 Å². The molecule has 4 rings (SSSR count). The average Bonchev–Trinajstić information content (AvgIpc) is 3.21. The van der Waals surface area contributed by atoms with E-state index in [0.717, 1.165) is 11.7 Å². The van der Waals surface area contributed by atoms with E-state index in [2.05, 4.69) is 81.5 Å². The summed E-state index contributed by atoms with van der Waals surface area (Å²) in [6, 6.07) is 26.3. The maximum atomic E-state index is 14.5. The van der Waals surface area contributed by atoms with E-state index in [-0.39, 0.29) is 11.2 Å². The van der Waals surface area contributed by atoms with Gasteiger partial charge < -0.3 is 0 Å². The molecular weight excluding hydrogens is 374 g/mol. The molecule has 0 saturated carbocycles. The van der Waals surface area contributed by atoms with Gasteiger partial charge in [0.05, 0.1) is 0 Å². The fourth-order valence-corrected chi connectivity index (χ4v) is 6.29. The van der Waals surface area contributed by atoms with Gasteiger partial charge in [0, 0.05) is 0 Å². The fraction of sp³-hybridized carbons (Fsp3) is 0.185. The van der Waals surface area contributed by atoms with Crippen LogP contribution < -0.4 is 15.9 Å². The Labute approximate surface area is 174 Å². The number of allylic oxidation sites excluding steroid dienone is 4. The van der Waals surface area contributed by atoms with Crippen molar-refractivity contribution in [1.82, 2.24) is 0 Å². The van der Waals surface area contributed by atoms with Crippen LogP contribution in [0.4, 0.5) is 4.39 Å². The SMILES string of the molecule is CC(C)(C)C1=CCC(c2ccc(F)cc2P(c2ccccc2)c2ccccc2)=C1. The van der Waals surface area contributed by atoms with Gasteiger partial charge in [-0.15, -0.1) is 0 Å². The first kappa shape index (κ1) is 19.8. The summed E-state index contributed by atoms with van der Waals surface area (Å²) in [6.07, 6.45) is 5.52. The van der Waals surface area contributed by atoms with Crippen molar-refractivity contribution in [3.8, 4) is 0 Å². The molecule has 3 aromatic carbocycles. The normalized spacial score (nSPS) is 14.1. The molecular formula is C27H26FP. The van der Waals surface area contributed by atoms with Crippen LogP contribution in [0.2, 0.25) is 0 Å². The number of halogens is 1. The molecule has 0 fully saturated rings. The summed E-state index contributed by atoms with van der Waals surface area (Å²) in [7, 11) is -0.845. The van der Waals surface area contributed by atoms with Gasteiger partial charge >= 0.3 is 0 Å². The van der Waals surface area contributed by atoms with E-state index in [9.17, 15) is 4.39 Å². The van der Waals surface area contributed by atoms with Gasteiger partial charge in [0.15, 0.2) is 0 Å². The van der Waals surface area contributed by atoms with Crippen molar-refractivity contribution in [1.29, 1.82) is 0 Å². The van der Waals surface area contributed by atoms with Crippen LogP contribution in [0, 0.1) is 11.2 Å². The number of benzene rings is 3. The van der Waals surface area contributed by atoms with E-state index in [4.69, 9.17) is 0 Å². The Bertz CT molecular complexity index is 1020. The smallest absolute Gasteiger partial charge is 0.123 e. The molecule has 0 saturated heterocycles. The zero-order valence-corrected chi connectivity index (χ0v) is 18.1. The van der Waals surface area contributed by atoms with E-state index in [1.165, 1.54) is 27.3 Å². The largest absolute Gasteiger partial charge is 0.207 e. The third kappa shape index (κ3) is 4.26. The second-order valence-electron chi connectivity index (χ2n) is 8.45. The Hall–Kier alpha value is -2.50. The molecule has 29 heavy (non-hydrogen) atoms. The van der Waals surface area contributed by atoms with Crippen LogP contribution in [0.5, 0.6) is 0 Å². The lowest BCUT2D eigenvalue weighted by Gasteiger charge is -2.23. The van der Waals surface area contributed by atoms with Gasteiger partial charge in [0.1, 0.15) is 5.82 Å². The summed E-state index contributed by atoms with van der Waals surface area (Å²) in [6.45, 7) is 6.72. The fourth-order valence-electron chi connectivity index (χ4n) is 3.78. The van der Waals surface area contributed by atoms with Crippen LogP contribution in [0.15, 0.2) is 96.6 Å². The first-order chi connectivity index (χ1) is 13.9. The maximum Gasteiger partial charge on any atom is 0.123 e. The Morgan fingerprint density at radius 3 is 1.90 bits per heavy atom. The molecule has 0 spiro atoms. The van der Waals surface area contributed by atoms with Crippen molar-refractivity contribution < 1.29 is 4.39 Å². The standard InChI is InChI=1S/C27H26FP/c1-27(2,3)21-15-14-20(18-21)25-17-16-22(28)19-26(25)29(23-10-6-4-7-11-23)24-12-8-5-9-13-24/h4-13,15-19H,14H2,1-3H3. The number of rotatable bonds is 4. The Balaban J connectivity index is 1.88. The van der Waals surface area contributed by atoms with E-state index < -0.39 is 7.92 Å². The molecule has 0 N–H and O–H groups in total. The summed E-state index contributed by atoms with van der Waals surface area (Å²) in [5.41, 5.74) is 3.92. The van der Waals surface area contributed by atoms with Crippen LogP contribution in [0.25, 0.3) is 5.57 Å². The highest BCUT2D eigenvalue weighted by molar-refractivity contribution is 7.80. The van der Waals surface area contributed by atoms with Gasteiger partial charge in [-0.2, -0.15) is 0 Å². The van der Waals surface area contributed by atoms with E-state index in [1.54, 1.807) is 12.1 Å². The van der Waals surface area contributed by atoms with Crippen molar-refractivity contribution in [2.45, 2.75) is 27.2 Å². The lowest BCUT2D eigenvalue weighted by atomic mass is 9.87. The van der Waals surface area contributed by atoms with Crippen LogP contribution >= 0.6 is 7.92 Å². The van der Waals surface area contributed by atoms with Gasteiger partial charge in [-0.05, 0) is 64.5 Å². The second kappa shape index (κ2) is 8.09. The van der Waals surface area contributed by atoms with E-state index >= 15 is 0 Å². The third-order valence-corrected chi connectivity index (χ3v) is 7.79. The first-order valence-electron chi connectivity index (χ1n) is 10.0. The lowest BCUT2D eigenvalue weighted by Crippen LogP contribution is -2.23. The molecule has 0 atom stereocenters. The lowest BCUT2D eigenvalue weighted by molar-refractivity contribution is 0.518. The van der Waals surface area contributed by atoms with Crippen molar-refractivity contribution >= 4 is 29.4 Å². The zero-order valence-electron chi connectivity index (χ0n) is 17.2. The first-order valence-corrected chi connectivity index (χ1v) is 11.4. The van der Waals surface area contributed by atoms with Crippen molar-refractivity contribution in [2.24, 2.45) is 5.41 Å². The van der Waals surface area contributed by atoms with Crippen molar-refractivity contribution in [3.05, 3.63) is 108 Å². The number of hydrogen-bond donors (Lipinski definition) is 0. The highest BCUT2D eigenvalue weighted by atomic mass is 31.1. The van der Waals surface area contributed by atoms with Crippen LogP contribution in [0.1, 0.15) is 32.8 Å². The highest BCUT2D eigenvalue weighted by Crippen LogP contribution is 2.40. The summed E-state index contributed by atoms with van der Waals surface area (Å²) in [5.74, 6) is -0.175. The van der Waals surface area contributed by atoms with Gasteiger partial charge in [-0.3, -0.25) is 0 Å². The minimum absolute atomic E-state index is 0.117. The molecule has 0 aliphatic heterocycles. The third-order valence-electron chi connectivity index (χ3n) is 5.31. The van der Waals surface area contributed by atoms with E-state index in [0.29, 0.717) is 0 Å². The van der Waals surface area contributed by atoms with E-state index in [1.807, 2.05) is 18.2 Å². The van der Waals surface area contributed by atoms with Crippen LogP contribution in [0.3, 0.4) is 0 Å². The molecule has 2 heteroatoms. The molecule has 0 nitrogen and oxygen atoms in total. The predicted molar refractivity (Wildman–Crippen MR) is 125 cm³/mol. The minimum atomic E-state index is -0.845. The Kier molecular flexibility index (Phi) is 5.52. The predicted octanol–water partition coefficient (Wildman–Crippen LogP) is 6.34.